The standard InChI is InChI=1S/C12H25N3O/c1-3-6-13-11-12(16)14(2)9-10-15-7-4-5-8-15/h13H,3-11H2,1-2H3. The van der Waals surface area contributed by atoms with E-state index >= 15 is 0 Å². The molecule has 1 fully saturated rings. The van der Waals surface area contributed by atoms with Crippen molar-refractivity contribution in [1.82, 2.24) is 15.1 Å². The van der Waals surface area contributed by atoms with Gasteiger partial charge in [-0.3, -0.25) is 4.79 Å². The lowest BCUT2D eigenvalue weighted by Gasteiger charge is -2.21. The molecule has 4 heteroatoms. The maximum Gasteiger partial charge on any atom is 0.236 e. The summed E-state index contributed by atoms with van der Waals surface area (Å²) >= 11 is 0. The molecular formula is C12H25N3O. The van der Waals surface area contributed by atoms with E-state index in [1.165, 1.54) is 25.9 Å². The molecule has 0 aliphatic carbocycles. The van der Waals surface area contributed by atoms with Crippen LogP contribution in [0.1, 0.15) is 26.2 Å². The summed E-state index contributed by atoms with van der Waals surface area (Å²) in [5, 5.41) is 3.14. The van der Waals surface area contributed by atoms with Gasteiger partial charge in [-0.25, -0.2) is 0 Å². The third-order valence-electron chi connectivity index (χ3n) is 3.08. The zero-order chi connectivity index (χ0) is 11.8. The first-order valence-electron chi connectivity index (χ1n) is 6.41. The van der Waals surface area contributed by atoms with E-state index in [2.05, 4.69) is 17.1 Å². The Morgan fingerprint density at radius 2 is 2.06 bits per heavy atom. The summed E-state index contributed by atoms with van der Waals surface area (Å²) in [4.78, 5) is 15.9. The Hall–Kier alpha value is -0.610. The third-order valence-corrected chi connectivity index (χ3v) is 3.08. The van der Waals surface area contributed by atoms with E-state index in [0.29, 0.717) is 6.54 Å². The quantitative estimate of drug-likeness (QED) is 0.645. The first-order chi connectivity index (χ1) is 7.74. The lowest BCUT2D eigenvalue weighted by molar-refractivity contribution is -0.129. The molecule has 1 aliphatic heterocycles. The lowest BCUT2D eigenvalue weighted by atomic mass is 10.4. The molecule has 0 aromatic rings. The minimum absolute atomic E-state index is 0.202. The van der Waals surface area contributed by atoms with E-state index in [0.717, 1.165) is 26.1 Å². The summed E-state index contributed by atoms with van der Waals surface area (Å²) in [6.45, 7) is 7.79. The van der Waals surface area contributed by atoms with Crippen molar-refractivity contribution >= 4 is 5.91 Å². The van der Waals surface area contributed by atoms with Crippen molar-refractivity contribution in [3.63, 3.8) is 0 Å². The van der Waals surface area contributed by atoms with Gasteiger partial charge in [-0.15, -0.1) is 0 Å². The van der Waals surface area contributed by atoms with Crippen LogP contribution in [0.5, 0.6) is 0 Å². The molecule has 1 amide bonds. The number of likely N-dealkylation sites (tertiary alicyclic amines) is 1. The fraction of sp³-hybridized carbons (Fsp3) is 0.917. The van der Waals surface area contributed by atoms with Crippen LogP contribution in [-0.2, 0) is 4.79 Å². The average molecular weight is 227 g/mol. The fourth-order valence-corrected chi connectivity index (χ4v) is 1.93. The zero-order valence-electron chi connectivity index (χ0n) is 10.7. The first-order valence-corrected chi connectivity index (χ1v) is 6.41. The van der Waals surface area contributed by atoms with E-state index in [-0.39, 0.29) is 5.91 Å². The molecule has 0 spiro atoms. The van der Waals surface area contributed by atoms with Gasteiger partial charge in [0.2, 0.25) is 5.91 Å². The molecule has 0 atom stereocenters. The summed E-state index contributed by atoms with van der Waals surface area (Å²) < 4.78 is 0. The molecule has 1 saturated heterocycles. The Labute approximate surface area is 99.0 Å². The Morgan fingerprint density at radius 1 is 1.38 bits per heavy atom. The molecule has 0 unspecified atom stereocenters. The number of nitrogens with one attached hydrogen (secondary N) is 1. The van der Waals surface area contributed by atoms with Gasteiger partial charge >= 0.3 is 0 Å². The molecular weight excluding hydrogens is 202 g/mol. The van der Waals surface area contributed by atoms with E-state index < -0.39 is 0 Å². The van der Waals surface area contributed by atoms with Crippen LogP contribution in [0, 0.1) is 0 Å². The highest BCUT2D eigenvalue weighted by atomic mass is 16.2. The van der Waals surface area contributed by atoms with Crippen LogP contribution in [0.4, 0.5) is 0 Å². The predicted octanol–water partition coefficient (Wildman–Crippen LogP) is 0.540. The maximum absolute atomic E-state index is 11.7. The van der Waals surface area contributed by atoms with Crippen molar-refractivity contribution in [3.05, 3.63) is 0 Å². The number of hydrogen-bond donors (Lipinski definition) is 1. The molecule has 0 aromatic heterocycles. The number of nitrogens with zero attached hydrogens (tertiary/aromatic N) is 2. The van der Waals surface area contributed by atoms with Crippen LogP contribution in [0.15, 0.2) is 0 Å². The zero-order valence-corrected chi connectivity index (χ0v) is 10.7. The molecule has 1 N–H and O–H groups in total. The summed E-state index contributed by atoms with van der Waals surface area (Å²) in [6, 6.07) is 0. The Kier molecular flexibility index (Phi) is 6.42. The average Bonchev–Trinajstić information content (AvgIpc) is 2.79. The number of rotatable bonds is 7. The summed E-state index contributed by atoms with van der Waals surface area (Å²) in [6.07, 6.45) is 3.70. The second kappa shape index (κ2) is 7.63. The highest BCUT2D eigenvalue weighted by molar-refractivity contribution is 5.77. The second-order valence-corrected chi connectivity index (χ2v) is 4.54. The van der Waals surface area contributed by atoms with Crippen LogP contribution < -0.4 is 5.32 Å². The van der Waals surface area contributed by atoms with Crippen LogP contribution in [-0.4, -0.2) is 62.0 Å². The molecule has 1 aliphatic rings. The largest absolute Gasteiger partial charge is 0.343 e. The number of hydrogen-bond acceptors (Lipinski definition) is 3. The van der Waals surface area contributed by atoms with Crippen LogP contribution in [0.3, 0.4) is 0 Å². The van der Waals surface area contributed by atoms with Gasteiger partial charge in [-0.05, 0) is 38.9 Å². The minimum Gasteiger partial charge on any atom is -0.343 e. The smallest absolute Gasteiger partial charge is 0.236 e. The normalized spacial score (nSPS) is 16.6. The predicted molar refractivity (Wildman–Crippen MR) is 66.5 cm³/mol. The number of carbonyl (C=O) groups excluding carboxylic acids is 1. The summed E-state index contributed by atoms with van der Waals surface area (Å²) in [5.41, 5.74) is 0. The van der Waals surface area contributed by atoms with Crippen molar-refractivity contribution < 1.29 is 4.79 Å². The van der Waals surface area contributed by atoms with Crippen LogP contribution in [0.2, 0.25) is 0 Å². The minimum atomic E-state index is 0.202. The van der Waals surface area contributed by atoms with Crippen molar-refractivity contribution in [3.8, 4) is 0 Å². The Bertz CT molecular complexity index is 202. The van der Waals surface area contributed by atoms with Crippen LogP contribution >= 0.6 is 0 Å². The van der Waals surface area contributed by atoms with Gasteiger partial charge in [-0.1, -0.05) is 6.92 Å². The topological polar surface area (TPSA) is 35.6 Å². The van der Waals surface area contributed by atoms with E-state index in [1.807, 2.05) is 11.9 Å². The van der Waals surface area contributed by atoms with E-state index in [4.69, 9.17) is 0 Å². The second-order valence-electron chi connectivity index (χ2n) is 4.54. The van der Waals surface area contributed by atoms with Gasteiger partial charge in [0.25, 0.3) is 0 Å². The Morgan fingerprint density at radius 3 is 2.69 bits per heavy atom. The molecule has 1 heterocycles. The van der Waals surface area contributed by atoms with Crippen molar-refractivity contribution in [2.75, 3.05) is 46.3 Å². The Balaban J connectivity index is 2.07. The van der Waals surface area contributed by atoms with Crippen molar-refractivity contribution in [2.45, 2.75) is 26.2 Å². The van der Waals surface area contributed by atoms with Crippen molar-refractivity contribution in [2.24, 2.45) is 0 Å². The van der Waals surface area contributed by atoms with Gasteiger partial charge in [0.1, 0.15) is 0 Å². The third kappa shape index (κ3) is 4.94. The first kappa shape index (κ1) is 13.5. The van der Waals surface area contributed by atoms with Gasteiger partial charge in [0, 0.05) is 20.1 Å². The highest BCUT2D eigenvalue weighted by Gasteiger charge is 2.13. The van der Waals surface area contributed by atoms with Gasteiger partial charge in [0.15, 0.2) is 0 Å². The SMILES string of the molecule is CCCNCC(=O)N(C)CCN1CCCC1. The number of carbonyl (C=O) groups is 1. The molecule has 1 rings (SSSR count). The molecule has 4 nitrogen and oxygen atoms in total. The summed E-state index contributed by atoms with van der Waals surface area (Å²) in [5.74, 6) is 0.202. The molecule has 94 valence electrons. The molecule has 0 aromatic carbocycles. The van der Waals surface area contributed by atoms with Gasteiger partial charge < -0.3 is 15.1 Å². The molecule has 0 saturated carbocycles. The van der Waals surface area contributed by atoms with E-state index in [1.54, 1.807) is 0 Å². The maximum atomic E-state index is 11.7. The number of amides is 1. The summed E-state index contributed by atoms with van der Waals surface area (Å²) in [7, 11) is 1.89. The number of likely N-dealkylation sites (N-methyl/N-ethyl adjacent to an activating group) is 1. The highest BCUT2D eigenvalue weighted by Crippen LogP contribution is 2.06. The lowest BCUT2D eigenvalue weighted by Crippen LogP contribution is -2.39. The monoisotopic (exact) mass is 227 g/mol. The molecule has 16 heavy (non-hydrogen) atoms. The van der Waals surface area contributed by atoms with Gasteiger partial charge in [-0.2, -0.15) is 0 Å². The van der Waals surface area contributed by atoms with E-state index in [9.17, 15) is 4.79 Å². The van der Waals surface area contributed by atoms with Crippen LogP contribution in [0.25, 0.3) is 0 Å². The van der Waals surface area contributed by atoms with Gasteiger partial charge in [0.05, 0.1) is 6.54 Å². The molecule has 0 radical (unpaired) electrons. The molecule has 0 bridgehead atoms. The van der Waals surface area contributed by atoms with Crippen molar-refractivity contribution in [1.29, 1.82) is 0 Å². The fourth-order valence-electron chi connectivity index (χ4n) is 1.93.